The van der Waals surface area contributed by atoms with Crippen LogP contribution in [-0.4, -0.2) is 57.2 Å². The Hall–Kier alpha value is -1.01. The fourth-order valence-electron chi connectivity index (χ4n) is 3.52. The third-order valence-electron chi connectivity index (χ3n) is 5.40. The normalized spacial score (nSPS) is 22.9. The maximum Gasteiger partial charge on any atom is 0.303 e. The molecular weight excluding hydrogens is 350 g/mol. The molecule has 1 aliphatic carbocycles. The summed E-state index contributed by atoms with van der Waals surface area (Å²) in [6.07, 6.45) is 11.2. The van der Waals surface area contributed by atoms with Crippen molar-refractivity contribution in [1.82, 2.24) is 4.90 Å². The number of carbonyl (C=O) groups excluding carboxylic acids is 1. The molecule has 2 unspecified atom stereocenters. The number of carboxylic acids is 1. The van der Waals surface area contributed by atoms with E-state index in [1.807, 2.05) is 17.1 Å². The summed E-state index contributed by atoms with van der Waals surface area (Å²) in [5.74, 6) is 1.20. The summed E-state index contributed by atoms with van der Waals surface area (Å²) in [4.78, 5) is 24.9. The van der Waals surface area contributed by atoms with Gasteiger partial charge in [0, 0.05) is 18.7 Å². The lowest BCUT2D eigenvalue weighted by molar-refractivity contribution is -0.138. The second-order valence-corrected chi connectivity index (χ2v) is 8.87. The highest BCUT2D eigenvalue weighted by atomic mass is 32.2. The molecule has 0 aromatic heterocycles. The second-order valence-electron chi connectivity index (χ2n) is 7.76. The van der Waals surface area contributed by atoms with Gasteiger partial charge in [-0.15, -0.1) is 0 Å². The summed E-state index contributed by atoms with van der Waals surface area (Å²) >= 11 is 1.76. The van der Waals surface area contributed by atoms with Crippen molar-refractivity contribution in [3.63, 3.8) is 0 Å². The number of rotatable bonds is 13. The number of thioether (sulfide) groups is 1. The Balaban J connectivity index is 1.71. The molecule has 2 aliphatic rings. The minimum absolute atomic E-state index is 0.00736. The van der Waals surface area contributed by atoms with E-state index in [-0.39, 0.29) is 23.8 Å². The van der Waals surface area contributed by atoms with Gasteiger partial charge in [0.25, 0.3) is 0 Å². The van der Waals surface area contributed by atoms with Gasteiger partial charge in [-0.25, -0.2) is 0 Å². The molecule has 1 heterocycles. The SMILES string of the molecule is CCCCCC(O)C=CC1CCC(=O)N1CCSCC1(CC(=O)O)CC1. The molecule has 148 valence electrons. The largest absolute Gasteiger partial charge is 0.481 e. The lowest BCUT2D eigenvalue weighted by atomic mass is 10.1. The zero-order valence-electron chi connectivity index (χ0n) is 15.9. The Bertz CT molecular complexity index is 504. The standard InChI is InChI=1S/C20H33NO4S/c1-2-3-4-5-17(22)8-6-16-7-9-18(23)21(16)12-13-26-15-20(10-11-20)14-19(24)25/h6,8,16-17,22H,2-5,7,9-15H2,1H3,(H,24,25). The van der Waals surface area contributed by atoms with Crippen LogP contribution in [0, 0.1) is 5.41 Å². The highest BCUT2D eigenvalue weighted by Gasteiger charge is 2.44. The summed E-state index contributed by atoms with van der Waals surface area (Å²) in [5.41, 5.74) is 0.00736. The number of aliphatic carboxylic acids is 1. The van der Waals surface area contributed by atoms with E-state index in [1.54, 1.807) is 11.8 Å². The quantitative estimate of drug-likeness (QED) is 0.376. The molecule has 1 saturated carbocycles. The number of aliphatic hydroxyl groups is 1. The van der Waals surface area contributed by atoms with E-state index in [2.05, 4.69) is 6.92 Å². The van der Waals surface area contributed by atoms with Crippen LogP contribution in [0.1, 0.15) is 64.7 Å². The van der Waals surface area contributed by atoms with Crippen molar-refractivity contribution in [3.8, 4) is 0 Å². The van der Waals surface area contributed by atoms with E-state index in [1.165, 1.54) is 0 Å². The van der Waals surface area contributed by atoms with Crippen LogP contribution in [0.3, 0.4) is 0 Å². The van der Waals surface area contributed by atoms with Gasteiger partial charge in [0.05, 0.1) is 18.6 Å². The predicted molar refractivity (Wildman–Crippen MR) is 105 cm³/mol. The Morgan fingerprint density at radius 2 is 2.19 bits per heavy atom. The van der Waals surface area contributed by atoms with Crippen molar-refractivity contribution in [3.05, 3.63) is 12.2 Å². The van der Waals surface area contributed by atoms with Crippen LogP contribution in [0.5, 0.6) is 0 Å². The van der Waals surface area contributed by atoms with Gasteiger partial charge in [-0.3, -0.25) is 9.59 Å². The van der Waals surface area contributed by atoms with Crippen molar-refractivity contribution in [2.45, 2.75) is 76.9 Å². The molecule has 0 aromatic carbocycles. The molecule has 6 heteroatoms. The van der Waals surface area contributed by atoms with Crippen molar-refractivity contribution >= 4 is 23.6 Å². The van der Waals surface area contributed by atoms with E-state index in [4.69, 9.17) is 5.11 Å². The fraction of sp³-hybridized carbons (Fsp3) is 0.800. The van der Waals surface area contributed by atoms with Gasteiger partial charge < -0.3 is 15.1 Å². The van der Waals surface area contributed by atoms with E-state index in [0.29, 0.717) is 13.0 Å². The number of carbonyl (C=O) groups is 2. The lowest BCUT2D eigenvalue weighted by Crippen LogP contribution is -2.34. The number of unbranched alkanes of at least 4 members (excludes halogenated alkanes) is 2. The van der Waals surface area contributed by atoms with Crippen molar-refractivity contribution < 1.29 is 19.8 Å². The predicted octanol–water partition coefficient (Wildman–Crippen LogP) is 3.46. The van der Waals surface area contributed by atoms with Gasteiger partial charge in [-0.1, -0.05) is 38.3 Å². The maximum absolute atomic E-state index is 12.1. The number of amides is 1. The first kappa shape index (κ1) is 21.3. The number of hydrogen-bond acceptors (Lipinski definition) is 4. The minimum Gasteiger partial charge on any atom is -0.481 e. The van der Waals surface area contributed by atoms with Crippen molar-refractivity contribution in [2.24, 2.45) is 5.41 Å². The maximum atomic E-state index is 12.1. The fourth-order valence-corrected chi connectivity index (χ4v) is 4.82. The number of likely N-dealkylation sites (tertiary alicyclic amines) is 1. The van der Waals surface area contributed by atoms with Crippen LogP contribution in [0.2, 0.25) is 0 Å². The molecule has 26 heavy (non-hydrogen) atoms. The minimum atomic E-state index is -0.708. The Labute approximate surface area is 161 Å². The first-order chi connectivity index (χ1) is 12.5. The lowest BCUT2D eigenvalue weighted by Gasteiger charge is -2.23. The molecule has 1 saturated heterocycles. The zero-order valence-corrected chi connectivity index (χ0v) is 16.7. The van der Waals surface area contributed by atoms with E-state index >= 15 is 0 Å². The number of nitrogens with zero attached hydrogens (tertiary/aromatic N) is 1. The van der Waals surface area contributed by atoms with Crippen LogP contribution < -0.4 is 0 Å². The first-order valence-electron chi connectivity index (χ1n) is 9.91. The van der Waals surface area contributed by atoms with Gasteiger partial charge in [-0.05, 0) is 36.9 Å². The van der Waals surface area contributed by atoms with Crippen LogP contribution in [-0.2, 0) is 9.59 Å². The molecule has 0 bridgehead atoms. The number of carboxylic acid groups (broad SMARTS) is 1. The third kappa shape index (κ3) is 6.95. The third-order valence-corrected chi connectivity index (χ3v) is 6.69. The van der Waals surface area contributed by atoms with Crippen LogP contribution in [0.25, 0.3) is 0 Å². The average molecular weight is 384 g/mol. The molecule has 0 radical (unpaired) electrons. The van der Waals surface area contributed by atoms with Gasteiger partial charge in [0.15, 0.2) is 0 Å². The van der Waals surface area contributed by atoms with Crippen LogP contribution in [0.15, 0.2) is 12.2 Å². The average Bonchev–Trinajstić information content (AvgIpc) is 3.25. The first-order valence-corrected chi connectivity index (χ1v) is 11.1. The van der Waals surface area contributed by atoms with Crippen LogP contribution in [0.4, 0.5) is 0 Å². The van der Waals surface area contributed by atoms with Crippen molar-refractivity contribution in [2.75, 3.05) is 18.1 Å². The number of aliphatic hydroxyl groups excluding tert-OH is 1. The Kier molecular flexibility index (Phi) is 8.48. The van der Waals surface area contributed by atoms with Gasteiger partial charge in [0.2, 0.25) is 5.91 Å². The van der Waals surface area contributed by atoms with Gasteiger partial charge in [0.1, 0.15) is 0 Å². The molecule has 2 N–H and O–H groups in total. The molecule has 1 aliphatic heterocycles. The van der Waals surface area contributed by atoms with E-state index in [9.17, 15) is 14.7 Å². The molecule has 1 amide bonds. The van der Waals surface area contributed by atoms with Crippen molar-refractivity contribution in [1.29, 1.82) is 0 Å². The molecule has 0 spiro atoms. The summed E-state index contributed by atoms with van der Waals surface area (Å²) in [7, 11) is 0. The second kappa shape index (κ2) is 10.4. The van der Waals surface area contributed by atoms with E-state index in [0.717, 1.165) is 56.5 Å². The molecule has 5 nitrogen and oxygen atoms in total. The Morgan fingerprint density at radius 3 is 2.85 bits per heavy atom. The highest BCUT2D eigenvalue weighted by molar-refractivity contribution is 7.99. The topological polar surface area (TPSA) is 77.8 Å². The summed E-state index contributed by atoms with van der Waals surface area (Å²) in [6, 6.07) is 0.0952. The van der Waals surface area contributed by atoms with Gasteiger partial charge in [-0.2, -0.15) is 11.8 Å². The van der Waals surface area contributed by atoms with Crippen LogP contribution >= 0.6 is 11.8 Å². The van der Waals surface area contributed by atoms with Gasteiger partial charge >= 0.3 is 5.97 Å². The Morgan fingerprint density at radius 1 is 1.42 bits per heavy atom. The summed E-state index contributed by atoms with van der Waals surface area (Å²) in [6.45, 7) is 2.85. The molecule has 0 aromatic rings. The number of hydrogen-bond donors (Lipinski definition) is 2. The van der Waals surface area contributed by atoms with E-state index < -0.39 is 12.1 Å². The molecule has 2 fully saturated rings. The molecule has 2 rings (SSSR count). The molecule has 2 atom stereocenters. The molecular formula is C20H33NO4S. The summed E-state index contributed by atoms with van der Waals surface area (Å²) in [5, 5.41) is 19.0. The highest BCUT2D eigenvalue weighted by Crippen LogP contribution is 2.51. The monoisotopic (exact) mass is 383 g/mol. The smallest absolute Gasteiger partial charge is 0.303 e. The summed E-state index contributed by atoms with van der Waals surface area (Å²) < 4.78 is 0. The zero-order chi connectivity index (χ0) is 19.0.